The highest BCUT2D eigenvalue weighted by molar-refractivity contribution is 8.01. The third-order valence-corrected chi connectivity index (χ3v) is 9.01. The monoisotopic (exact) mass is 430 g/mol. The van der Waals surface area contributed by atoms with Crippen molar-refractivity contribution in [3.63, 3.8) is 0 Å². The number of carbonyl (C=O) groups is 1. The summed E-state index contributed by atoms with van der Waals surface area (Å²) in [4.78, 5) is 12.5. The fourth-order valence-corrected chi connectivity index (χ4v) is 6.75. The van der Waals surface area contributed by atoms with Gasteiger partial charge >= 0.3 is 0 Å². The molecule has 11 heteroatoms. The van der Waals surface area contributed by atoms with Gasteiger partial charge in [-0.15, -0.1) is 28.1 Å². The first kappa shape index (κ1) is 19.5. The van der Waals surface area contributed by atoms with Crippen LogP contribution in [0.5, 0.6) is 0 Å². The second-order valence-corrected chi connectivity index (χ2v) is 11.0. The van der Waals surface area contributed by atoms with E-state index < -0.39 is 15.9 Å². The summed E-state index contributed by atoms with van der Waals surface area (Å²) in [5.74, 6) is 0.111. The molecule has 0 bridgehead atoms. The molecule has 0 saturated carbocycles. The second kappa shape index (κ2) is 8.61. The van der Waals surface area contributed by atoms with Gasteiger partial charge in [0.1, 0.15) is 4.21 Å². The fourth-order valence-electron chi connectivity index (χ4n) is 2.57. The van der Waals surface area contributed by atoms with E-state index in [0.29, 0.717) is 28.7 Å². The van der Waals surface area contributed by atoms with E-state index in [0.717, 1.165) is 10.1 Å². The Morgan fingerprint density at radius 2 is 2.35 bits per heavy atom. The maximum Gasteiger partial charge on any atom is 0.252 e. The van der Waals surface area contributed by atoms with Crippen LogP contribution in [0, 0.1) is 5.92 Å². The number of hydrogen-bond donors (Lipinski definition) is 1. The molecule has 2 aromatic rings. The first-order chi connectivity index (χ1) is 12.5. The van der Waals surface area contributed by atoms with E-state index in [2.05, 4.69) is 22.1 Å². The Balaban J connectivity index is 1.63. The zero-order valence-corrected chi connectivity index (χ0v) is 17.1. The van der Waals surface area contributed by atoms with Crippen LogP contribution in [0.3, 0.4) is 0 Å². The summed E-state index contributed by atoms with van der Waals surface area (Å²) in [5.41, 5.74) is 0. The number of thiophene rings is 1. The van der Waals surface area contributed by atoms with Gasteiger partial charge in [-0.05, 0) is 24.3 Å². The Morgan fingerprint density at radius 3 is 3.08 bits per heavy atom. The van der Waals surface area contributed by atoms with Gasteiger partial charge in [0.2, 0.25) is 11.0 Å². The molecular formula is C15H18N4O3S4. The van der Waals surface area contributed by atoms with Gasteiger partial charge in [-0.3, -0.25) is 4.79 Å². The van der Waals surface area contributed by atoms with Gasteiger partial charge in [-0.2, -0.15) is 4.31 Å². The molecule has 1 fully saturated rings. The van der Waals surface area contributed by atoms with Crippen LogP contribution >= 0.6 is 34.4 Å². The first-order valence-corrected chi connectivity index (χ1v) is 12.0. The molecule has 140 valence electrons. The van der Waals surface area contributed by atoms with E-state index in [1.807, 2.05) is 0 Å². The predicted molar refractivity (Wildman–Crippen MR) is 105 cm³/mol. The Hall–Kier alpha value is -1.27. The number of hydrogen-bond acceptors (Lipinski definition) is 8. The Bertz CT molecular complexity index is 863. The van der Waals surface area contributed by atoms with Crippen molar-refractivity contribution in [1.82, 2.24) is 14.5 Å². The number of nitrogens with zero attached hydrogens (tertiary/aromatic N) is 3. The van der Waals surface area contributed by atoms with Crippen molar-refractivity contribution < 1.29 is 13.2 Å². The minimum atomic E-state index is -3.53. The smallest absolute Gasteiger partial charge is 0.252 e. The minimum Gasteiger partial charge on any atom is -0.300 e. The molecule has 1 amide bonds. The molecule has 1 aliphatic rings. The van der Waals surface area contributed by atoms with Crippen molar-refractivity contribution in [1.29, 1.82) is 0 Å². The lowest BCUT2D eigenvalue weighted by atomic mass is 9.99. The summed E-state index contributed by atoms with van der Waals surface area (Å²) in [6, 6.07) is 3.30. The summed E-state index contributed by atoms with van der Waals surface area (Å²) in [7, 11) is -3.53. The summed E-state index contributed by atoms with van der Waals surface area (Å²) in [6.45, 7) is 4.27. The molecule has 0 unspecified atom stereocenters. The fraction of sp³-hybridized carbons (Fsp3) is 0.400. The van der Waals surface area contributed by atoms with E-state index in [4.69, 9.17) is 0 Å². The molecule has 0 aromatic carbocycles. The van der Waals surface area contributed by atoms with Gasteiger partial charge in [0.25, 0.3) is 10.0 Å². The number of thioether (sulfide) groups is 1. The van der Waals surface area contributed by atoms with E-state index in [9.17, 15) is 13.2 Å². The number of piperidine rings is 1. The molecule has 1 N–H and O–H groups in total. The van der Waals surface area contributed by atoms with Crippen LogP contribution in [0.2, 0.25) is 0 Å². The van der Waals surface area contributed by atoms with Gasteiger partial charge in [0.05, 0.1) is 5.92 Å². The number of carbonyl (C=O) groups excluding carboxylic acids is 1. The summed E-state index contributed by atoms with van der Waals surface area (Å²) in [6.07, 6.45) is 3.08. The lowest BCUT2D eigenvalue weighted by Crippen LogP contribution is -2.43. The van der Waals surface area contributed by atoms with Crippen LogP contribution in [0.1, 0.15) is 12.8 Å². The van der Waals surface area contributed by atoms with E-state index in [1.54, 1.807) is 23.6 Å². The molecule has 0 aliphatic carbocycles. The minimum absolute atomic E-state index is 0.183. The standard InChI is InChI=1S/C15H18N4O3S4/c1-2-8-24-15-18-17-14(25-15)16-13(20)11-5-3-7-19(10-11)26(21,22)12-6-4-9-23-12/h2,4,6,9,11H,1,3,5,7-8,10H2,(H,16,17,20)/t11-/m1/s1. The Morgan fingerprint density at radius 1 is 1.50 bits per heavy atom. The topological polar surface area (TPSA) is 92.3 Å². The zero-order chi connectivity index (χ0) is 18.6. The molecule has 3 heterocycles. The Labute approximate surface area is 164 Å². The molecular weight excluding hydrogens is 412 g/mol. The van der Waals surface area contributed by atoms with Crippen LogP contribution in [0.4, 0.5) is 5.13 Å². The molecule has 1 saturated heterocycles. The Kier molecular flexibility index (Phi) is 6.46. The average molecular weight is 431 g/mol. The van der Waals surface area contributed by atoms with E-state index in [1.165, 1.54) is 38.7 Å². The quantitative estimate of drug-likeness (QED) is 0.412. The number of aromatic nitrogens is 2. The normalized spacial score (nSPS) is 18.5. The van der Waals surface area contributed by atoms with Gasteiger partial charge < -0.3 is 5.32 Å². The summed E-state index contributed by atoms with van der Waals surface area (Å²) < 4.78 is 27.8. The molecule has 1 atom stereocenters. The molecule has 3 rings (SSSR count). The third-order valence-electron chi connectivity index (χ3n) is 3.81. The lowest BCUT2D eigenvalue weighted by molar-refractivity contribution is -0.120. The van der Waals surface area contributed by atoms with Crippen LogP contribution in [-0.2, 0) is 14.8 Å². The molecule has 2 aromatic heterocycles. The van der Waals surface area contributed by atoms with Crippen molar-refractivity contribution in [3.8, 4) is 0 Å². The summed E-state index contributed by atoms with van der Waals surface area (Å²) >= 11 is 3.98. The van der Waals surface area contributed by atoms with Crippen LogP contribution in [-0.4, -0.2) is 47.7 Å². The van der Waals surface area contributed by atoms with Crippen molar-refractivity contribution in [3.05, 3.63) is 30.2 Å². The molecule has 7 nitrogen and oxygen atoms in total. The highest BCUT2D eigenvalue weighted by Crippen LogP contribution is 2.29. The maximum atomic E-state index is 12.7. The van der Waals surface area contributed by atoms with Crippen LogP contribution in [0.15, 0.2) is 38.7 Å². The van der Waals surface area contributed by atoms with Crippen LogP contribution in [0.25, 0.3) is 0 Å². The predicted octanol–water partition coefficient (Wildman–Crippen LogP) is 2.92. The van der Waals surface area contributed by atoms with Gasteiger partial charge in [0, 0.05) is 18.8 Å². The van der Waals surface area contributed by atoms with E-state index in [-0.39, 0.29) is 12.5 Å². The van der Waals surface area contributed by atoms with Gasteiger partial charge in [-0.1, -0.05) is 35.2 Å². The van der Waals surface area contributed by atoms with Gasteiger partial charge in [-0.25, -0.2) is 8.42 Å². The first-order valence-electron chi connectivity index (χ1n) is 7.92. The second-order valence-electron chi connectivity index (χ2n) is 5.60. The highest BCUT2D eigenvalue weighted by atomic mass is 32.2. The zero-order valence-electron chi connectivity index (χ0n) is 13.8. The highest BCUT2D eigenvalue weighted by Gasteiger charge is 2.34. The van der Waals surface area contributed by atoms with Crippen molar-refractivity contribution in [2.75, 3.05) is 24.2 Å². The summed E-state index contributed by atoms with van der Waals surface area (Å²) in [5, 5.41) is 12.9. The largest absolute Gasteiger partial charge is 0.300 e. The van der Waals surface area contributed by atoms with Crippen molar-refractivity contribution in [2.45, 2.75) is 21.4 Å². The van der Waals surface area contributed by atoms with Gasteiger partial charge in [0.15, 0.2) is 4.34 Å². The average Bonchev–Trinajstić information content (AvgIpc) is 3.32. The van der Waals surface area contributed by atoms with E-state index >= 15 is 0 Å². The SMILES string of the molecule is C=CCSc1nnc(NC(=O)[C@@H]2CCCN(S(=O)(=O)c3cccs3)C2)s1. The number of nitrogens with one attached hydrogen (secondary N) is 1. The number of rotatable bonds is 7. The maximum absolute atomic E-state index is 12.7. The lowest BCUT2D eigenvalue weighted by Gasteiger charge is -2.30. The molecule has 0 spiro atoms. The number of anilines is 1. The number of sulfonamides is 1. The molecule has 0 radical (unpaired) electrons. The molecule has 26 heavy (non-hydrogen) atoms. The molecule has 1 aliphatic heterocycles. The van der Waals surface area contributed by atoms with Crippen molar-refractivity contribution >= 4 is 55.5 Å². The third kappa shape index (κ3) is 4.52. The number of amides is 1. The van der Waals surface area contributed by atoms with Crippen molar-refractivity contribution in [2.24, 2.45) is 5.92 Å². The van der Waals surface area contributed by atoms with Crippen LogP contribution < -0.4 is 5.32 Å².